The van der Waals surface area contributed by atoms with E-state index in [-0.39, 0.29) is 5.41 Å². The van der Waals surface area contributed by atoms with Gasteiger partial charge in [0.2, 0.25) is 0 Å². The maximum absolute atomic E-state index is 9.67. The van der Waals surface area contributed by atoms with E-state index in [0.717, 1.165) is 29.5 Å². The Morgan fingerprint density at radius 1 is 1.28 bits per heavy atom. The molecule has 1 fully saturated rings. The molecule has 1 aromatic carbocycles. The van der Waals surface area contributed by atoms with Crippen LogP contribution < -0.4 is 5.32 Å². The van der Waals surface area contributed by atoms with Crippen LogP contribution >= 0.6 is 15.9 Å². The van der Waals surface area contributed by atoms with Crippen LogP contribution in [0.5, 0.6) is 0 Å². The van der Waals surface area contributed by atoms with Crippen molar-refractivity contribution in [3.05, 3.63) is 28.2 Å². The maximum atomic E-state index is 9.67. The fourth-order valence-corrected chi connectivity index (χ4v) is 3.06. The molecule has 18 heavy (non-hydrogen) atoms. The monoisotopic (exact) mass is 311 g/mol. The van der Waals surface area contributed by atoms with E-state index in [9.17, 15) is 5.11 Å². The highest BCUT2D eigenvalue weighted by Crippen LogP contribution is 2.36. The third-order valence-corrected chi connectivity index (χ3v) is 4.94. The van der Waals surface area contributed by atoms with Crippen LogP contribution in [0.1, 0.15) is 37.7 Å². The summed E-state index contributed by atoms with van der Waals surface area (Å²) in [5.41, 5.74) is 2.47. The number of benzene rings is 1. The molecule has 100 valence electrons. The standard InChI is InChI=1S/C15H22BrNO/c1-12-5-6-13(9-14(12)16)17-10-15(11-18)7-3-2-4-8-15/h5-6,9,17-18H,2-4,7-8,10-11H2,1H3. The predicted molar refractivity (Wildman–Crippen MR) is 80.0 cm³/mol. The zero-order valence-corrected chi connectivity index (χ0v) is 12.6. The lowest BCUT2D eigenvalue weighted by molar-refractivity contribution is 0.0944. The van der Waals surface area contributed by atoms with Gasteiger partial charge in [-0.2, -0.15) is 0 Å². The fraction of sp³-hybridized carbons (Fsp3) is 0.600. The van der Waals surface area contributed by atoms with E-state index in [1.54, 1.807) is 0 Å². The lowest BCUT2D eigenvalue weighted by atomic mass is 9.74. The molecule has 1 saturated carbocycles. The Morgan fingerprint density at radius 2 is 2.00 bits per heavy atom. The van der Waals surface area contributed by atoms with Gasteiger partial charge in [-0.1, -0.05) is 41.3 Å². The summed E-state index contributed by atoms with van der Waals surface area (Å²) >= 11 is 3.55. The number of halogens is 1. The van der Waals surface area contributed by atoms with Crippen molar-refractivity contribution >= 4 is 21.6 Å². The predicted octanol–water partition coefficient (Wildman–Crippen LogP) is 4.11. The normalized spacial score (nSPS) is 18.6. The zero-order chi connectivity index (χ0) is 13.0. The quantitative estimate of drug-likeness (QED) is 0.877. The molecule has 0 atom stereocenters. The molecule has 1 aromatic rings. The van der Waals surface area contributed by atoms with Gasteiger partial charge in [-0.25, -0.2) is 0 Å². The number of anilines is 1. The second kappa shape index (κ2) is 6.07. The lowest BCUT2D eigenvalue weighted by Crippen LogP contribution is -2.35. The van der Waals surface area contributed by atoms with Crippen LogP contribution in [-0.2, 0) is 0 Å². The minimum Gasteiger partial charge on any atom is -0.396 e. The molecule has 0 radical (unpaired) electrons. The van der Waals surface area contributed by atoms with Gasteiger partial charge in [0.1, 0.15) is 0 Å². The van der Waals surface area contributed by atoms with Crippen LogP contribution in [0.4, 0.5) is 5.69 Å². The molecular weight excluding hydrogens is 290 g/mol. The lowest BCUT2D eigenvalue weighted by Gasteiger charge is -2.36. The van der Waals surface area contributed by atoms with Gasteiger partial charge in [0.05, 0.1) is 6.61 Å². The number of hydrogen-bond donors (Lipinski definition) is 2. The average Bonchev–Trinajstić information content (AvgIpc) is 2.41. The molecule has 1 aliphatic rings. The molecule has 2 N–H and O–H groups in total. The summed E-state index contributed by atoms with van der Waals surface area (Å²) < 4.78 is 1.13. The van der Waals surface area contributed by atoms with E-state index in [0.29, 0.717) is 6.61 Å². The van der Waals surface area contributed by atoms with Gasteiger partial charge in [0, 0.05) is 22.1 Å². The number of aliphatic hydroxyl groups is 1. The molecule has 1 aliphatic carbocycles. The first kappa shape index (κ1) is 13.9. The minimum absolute atomic E-state index is 0.0929. The number of rotatable bonds is 4. The highest BCUT2D eigenvalue weighted by Gasteiger charge is 2.31. The summed E-state index contributed by atoms with van der Waals surface area (Å²) in [6.45, 7) is 3.26. The Kier molecular flexibility index (Phi) is 4.68. The van der Waals surface area contributed by atoms with Gasteiger partial charge in [-0.3, -0.25) is 0 Å². The summed E-state index contributed by atoms with van der Waals surface area (Å²) in [6.07, 6.45) is 6.10. The van der Waals surface area contributed by atoms with Gasteiger partial charge < -0.3 is 10.4 Å². The molecule has 2 rings (SSSR count). The smallest absolute Gasteiger partial charge is 0.0504 e. The Balaban J connectivity index is 1.98. The number of aliphatic hydroxyl groups excluding tert-OH is 1. The summed E-state index contributed by atoms with van der Waals surface area (Å²) in [7, 11) is 0. The largest absolute Gasteiger partial charge is 0.396 e. The van der Waals surface area contributed by atoms with Gasteiger partial charge >= 0.3 is 0 Å². The average molecular weight is 312 g/mol. The second-order valence-electron chi connectivity index (χ2n) is 5.54. The molecule has 2 nitrogen and oxygen atoms in total. The molecule has 0 amide bonds. The van der Waals surface area contributed by atoms with Crippen molar-refractivity contribution in [3.8, 4) is 0 Å². The summed E-state index contributed by atoms with van der Waals surface area (Å²) in [5.74, 6) is 0. The van der Waals surface area contributed by atoms with Crippen molar-refractivity contribution in [2.75, 3.05) is 18.5 Å². The van der Waals surface area contributed by atoms with Crippen LogP contribution in [-0.4, -0.2) is 18.3 Å². The van der Waals surface area contributed by atoms with Gasteiger partial charge in [0.25, 0.3) is 0 Å². The Morgan fingerprint density at radius 3 is 2.61 bits per heavy atom. The van der Waals surface area contributed by atoms with Crippen LogP contribution in [0.2, 0.25) is 0 Å². The summed E-state index contributed by atoms with van der Waals surface area (Å²) in [6, 6.07) is 6.33. The Labute approximate surface area is 118 Å². The zero-order valence-electron chi connectivity index (χ0n) is 11.0. The Bertz CT molecular complexity index is 399. The molecule has 3 heteroatoms. The van der Waals surface area contributed by atoms with Crippen molar-refractivity contribution in [1.82, 2.24) is 0 Å². The van der Waals surface area contributed by atoms with E-state index < -0.39 is 0 Å². The topological polar surface area (TPSA) is 32.3 Å². The fourth-order valence-electron chi connectivity index (χ4n) is 2.68. The first-order chi connectivity index (χ1) is 8.65. The number of nitrogens with one attached hydrogen (secondary N) is 1. The van der Waals surface area contributed by atoms with Crippen LogP contribution in [0.25, 0.3) is 0 Å². The molecule has 0 saturated heterocycles. The molecule has 0 aliphatic heterocycles. The second-order valence-corrected chi connectivity index (χ2v) is 6.39. The van der Waals surface area contributed by atoms with Gasteiger partial charge in [-0.05, 0) is 37.5 Å². The first-order valence-electron chi connectivity index (χ1n) is 6.76. The number of hydrogen-bond acceptors (Lipinski definition) is 2. The first-order valence-corrected chi connectivity index (χ1v) is 7.55. The Hall–Kier alpha value is -0.540. The van der Waals surface area contributed by atoms with Gasteiger partial charge in [0.15, 0.2) is 0 Å². The minimum atomic E-state index is 0.0929. The molecular formula is C15H22BrNO. The number of aryl methyl sites for hydroxylation is 1. The molecule has 0 aromatic heterocycles. The third kappa shape index (κ3) is 3.27. The summed E-state index contributed by atoms with van der Waals surface area (Å²) in [5, 5.41) is 13.2. The molecule has 0 bridgehead atoms. The van der Waals surface area contributed by atoms with Crippen LogP contribution in [0.3, 0.4) is 0 Å². The van der Waals surface area contributed by atoms with Crippen molar-refractivity contribution in [2.45, 2.75) is 39.0 Å². The van der Waals surface area contributed by atoms with Crippen molar-refractivity contribution in [1.29, 1.82) is 0 Å². The van der Waals surface area contributed by atoms with Crippen molar-refractivity contribution in [2.24, 2.45) is 5.41 Å². The van der Waals surface area contributed by atoms with Crippen LogP contribution in [0, 0.1) is 12.3 Å². The highest BCUT2D eigenvalue weighted by molar-refractivity contribution is 9.10. The van der Waals surface area contributed by atoms with E-state index in [4.69, 9.17) is 0 Å². The summed E-state index contributed by atoms with van der Waals surface area (Å²) in [4.78, 5) is 0. The van der Waals surface area contributed by atoms with Crippen LogP contribution in [0.15, 0.2) is 22.7 Å². The molecule has 0 unspecified atom stereocenters. The molecule has 0 heterocycles. The van der Waals surface area contributed by atoms with E-state index in [2.05, 4.69) is 46.4 Å². The highest BCUT2D eigenvalue weighted by atomic mass is 79.9. The SMILES string of the molecule is Cc1ccc(NCC2(CO)CCCCC2)cc1Br. The van der Waals surface area contributed by atoms with Crippen molar-refractivity contribution in [3.63, 3.8) is 0 Å². The van der Waals surface area contributed by atoms with Crippen molar-refractivity contribution < 1.29 is 5.11 Å². The van der Waals surface area contributed by atoms with Gasteiger partial charge in [-0.15, -0.1) is 0 Å². The third-order valence-electron chi connectivity index (χ3n) is 4.09. The maximum Gasteiger partial charge on any atom is 0.0504 e. The molecule has 0 spiro atoms. The van der Waals surface area contributed by atoms with E-state index >= 15 is 0 Å². The van der Waals surface area contributed by atoms with E-state index in [1.807, 2.05) is 0 Å². The van der Waals surface area contributed by atoms with E-state index in [1.165, 1.54) is 24.8 Å².